The topological polar surface area (TPSA) is 66.5 Å². The van der Waals surface area contributed by atoms with E-state index in [1.807, 2.05) is 32.0 Å². The molecule has 0 saturated heterocycles. The number of benzene rings is 2. The number of anilines is 1. The summed E-state index contributed by atoms with van der Waals surface area (Å²) in [6, 6.07) is 11.7. The number of halogens is 1. The standard InChI is InChI=1S/C20H25FN2O3S/c1-15-6-4-7-16(2)20(15)23(27(3,25)26)14-19(24)22-13-5-8-17-9-11-18(21)12-10-17/h4,6-7,9-12H,5,8,13-14H2,1-3H3,(H,22,24). The molecule has 146 valence electrons. The molecule has 0 aliphatic rings. The maximum Gasteiger partial charge on any atom is 0.240 e. The predicted octanol–water partition coefficient (Wildman–Crippen LogP) is 2.96. The fourth-order valence-electron chi connectivity index (χ4n) is 2.92. The second kappa shape index (κ2) is 8.99. The summed E-state index contributed by atoms with van der Waals surface area (Å²) < 4.78 is 38.5. The molecule has 0 aliphatic carbocycles. The van der Waals surface area contributed by atoms with E-state index in [9.17, 15) is 17.6 Å². The van der Waals surface area contributed by atoms with Gasteiger partial charge in [0, 0.05) is 6.54 Å². The van der Waals surface area contributed by atoms with E-state index < -0.39 is 10.0 Å². The van der Waals surface area contributed by atoms with Crippen molar-refractivity contribution in [3.05, 3.63) is 65.0 Å². The number of nitrogens with zero attached hydrogens (tertiary/aromatic N) is 1. The average Bonchev–Trinajstić information content (AvgIpc) is 2.58. The third kappa shape index (κ3) is 6.06. The number of amides is 1. The highest BCUT2D eigenvalue weighted by molar-refractivity contribution is 7.92. The fourth-order valence-corrected chi connectivity index (χ4v) is 3.89. The van der Waals surface area contributed by atoms with Crippen LogP contribution in [0.15, 0.2) is 42.5 Å². The van der Waals surface area contributed by atoms with Gasteiger partial charge in [0.05, 0.1) is 11.9 Å². The highest BCUT2D eigenvalue weighted by Gasteiger charge is 2.23. The average molecular weight is 392 g/mol. The fraction of sp³-hybridized carbons (Fsp3) is 0.350. The first-order valence-electron chi connectivity index (χ1n) is 8.73. The number of hydrogen-bond donors (Lipinski definition) is 1. The van der Waals surface area contributed by atoms with Gasteiger partial charge in [0.15, 0.2) is 0 Å². The Labute approximate surface area is 160 Å². The molecule has 0 atom stereocenters. The molecule has 5 nitrogen and oxygen atoms in total. The molecule has 0 radical (unpaired) electrons. The highest BCUT2D eigenvalue weighted by Crippen LogP contribution is 2.26. The van der Waals surface area contributed by atoms with Crippen LogP contribution in [0.3, 0.4) is 0 Å². The molecule has 0 bridgehead atoms. The number of carbonyl (C=O) groups is 1. The lowest BCUT2D eigenvalue weighted by molar-refractivity contribution is -0.119. The molecule has 0 spiro atoms. The Kier molecular flexibility index (Phi) is 6.96. The number of carbonyl (C=O) groups excluding carboxylic acids is 1. The maximum atomic E-state index is 12.9. The summed E-state index contributed by atoms with van der Waals surface area (Å²) >= 11 is 0. The lowest BCUT2D eigenvalue weighted by atomic mass is 10.1. The monoisotopic (exact) mass is 392 g/mol. The van der Waals surface area contributed by atoms with Crippen LogP contribution in [0.1, 0.15) is 23.1 Å². The lowest BCUT2D eigenvalue weighted by Gasteiger charge is -2.25. The van der Waals surface area contributed by atoms with Crippen molar-refractivity contribution in [2.45, 2.75) is 26.7 Å². The van der Waals surface area contributed by atoms with Gasteiger partial charge in [0.2, 0.25) is 15.9 Å². The molecular formula is C20H25FN2O3S. The van der Waals surface area contributed by atoms with E-state index in [-0.39, 0.29) is 18.3 Å². The van der Waals surface area contributed by atoms with Gasteiger partial charge in [0.25, 0.3) is 0 Å². The zero-order chi connectivity index (χ0) is 20.0. The Morgan fingerprint density at radius 3 is 2.22 bits per heavy atom. The van der Waals surface area contributed by atoms with Crippen LogP contribution < -0.4 is 9.62 Å². The van der Waals surface area contributed by atoms with Crippen LogP contribution in [-0.4, -0.2) is 33.7 Å². The van der Waals surface area contributed by atoms with E-state index in [4.69, 9.17) is 0 Å². The van der Waals surface area contributed by atoms with Gasteiger partial charge in [-0.3, -0.25) is 9.10 Å². The van der Waals surface area contributed by atoms with Crippen LogP contribution in [0.2, 0.25) is 0 Å². The normalized spacial score (nSPS) is 11.3. The predicted molar refractivity (Wildman–Crippen MR) is 106 cm³/mol. The van der Waals surface area contributed by atoms with E-state index in [0.29, 0.717) is 25.1 Å². The van der Waals surface area contributed by atoms with Gasteiger partial charge in [-0.2, -0.15) is 0 Å². The quantitative estimate of drug-likeness (QED) is 0.703. The first-order chi connectivity index (χ1) is 12.7. The van der Waals surface area contributed by atoms with Gasteiger partial charge in [-0.05, 0) is 55.5 Å². The van der Waals surface area contributed by atoms with Crippen molar-refractivity contribution in [2.24, 2.45) is 0 Å². The first-order valence-corrected chi connectivity index (χ1v) is 10.6. The van der Waals surface area contributed by atoms with Gasteiger partial charge in [0.1, 0.15) is 12.4 Å². The van der Waals surface area contributed by atoms with Crippen molar-refractivity contribution >= 4 is 21.6 Å². The number of hydrogen-bond acceptors (Lipinski definition) is 3. The maximum absolute atomic E-state index is 12.9. The first kappa shape index (κ1) is 20.9. The smallest absolute Gasteiger partial charge is 0.240 e. The molecule has 2 rings (SSSR count). The van der Waals surface area contributed by atoms with Crippen LogP contribution in [0.4, 0.5) is 10.1 Å². The summed E-state index contributed by atoms with van der Waals surface area (Å²) in [6.45, 7) is 3.80. The van der Waals surface area contributed by atoms with Crippen LogP contribution in [-0.2, 0) is 21.2 Å². The number of sulfonamides is 1. The van der Waals surface area contributed by atoms with Crippen molar-refractivity contribution in [3.8, 4) is 0 Å². The molecule has 0 fully saturated rings. The summed E-state index contributed by atoms with van der Waals surface area (Å²) in [4.78, 5) is 12.3. The van der Waals surface area contributed by atoms with E-state index in [1.165, 1.54) is 12.1 Å². The molecular weight excluding hydrogens is 367 g/mol. The molecule has 1 N–H and O–H groups in total. The molecule has 0 aliphatic heterocycles. The molecule has 0 unspecified atom stereocenters. The zero-order valence-electron chi connectivity index (χ0n) is 15.8. The zero-order valence-corrected chi connectivity index (χ0v) is 16.6. The minimum Gasteiger partial charge on any atom is -0.355 e. The van der Waals surface area contributed by atoms with Gasteiger partial charge < -0.3 is 5.32 Å². The summed E-state index contributed by atoms with van der Waals surface area (Å²) in [5.41, 5.74) is 3.12. The molecule has 0 aromatic heterocycles. The second-order valence-electron chi connectivity index (χ2n) is 6.59. The van der Waals surface area contributed by atoms with Gasteiger partial charge in [-0.15, -0.1) is 0 Å². The SMILES string of the molecule is Cc1cccc(C)c1N(CC(=O)NCCCc1ccc(F)cc1)S(C)(=O)=O. The Morgan fingerprint density at radius 2 is 1.67 bits per heavy atom. The van der Waals surface area contributed by atoms with E-state index in [0.717, 1.165) is 27.3 Å². The number of aryl methyl sites for hydroxylation is 3. The largest absolute Gasteiger partial charge is 0.355 e. The summed E-state index contributed by atoms with van der Waals surface area (Å²) in [5, 5.41) is 2.76. The number of nitrogens with one attached hydrogen (secondary N) is 1. The van der Waals surface area contributed by atoms with Crippen molar-refractivity contribution in [1.82, 2.24) is 5.32 Å². The second-order valence-corrected chi connectivity index (χ2v) is 8.50. The highest BCUT2D eigenvalue weighted by atomic mass is 32.2. The molecule has 7 heteroatoms. The molecule has 0 heterocycles. The van der Waals surface area contributed by atoms with Crippen LogP contribution in [0, 0.1) is 19.7 Å². The van der Waals surface area contributed by atoms with Gasteiger partial charge in [-0.25, -0.2) is 12.8 Å². The van der Waals surface area contributed by atoms with Crippen LogP contribution in [0.5, 0.6) is 0 Å². The number of para-hydroxylation sites is 1. The Hall–Kier alpha value is -2.41. The Morgan fingerprint density at radius 1 is 1.07 bits per heavy atom. The van der Waals surface area contributed by atoms with Gasteiger partial charge >= 0.3 is 0 Å². The molecule has 2 aromatic rings. The molecule has 0 saturated carbocycles. The summed E-state index contributed by atoms with van der Waals surface area (Å²) in [7, 11) is -3.60. The molecule has 2 aromatic carbocycles. The minimum atomic E-state index is -3.60. The van der Waals surface area contributed by atoms with E-state index in [1.54, 1.807) is 12.1 Å². The van der Waals surface area contributed by atoms with Crippen molar-refractivity contribution in [2.75, 3.05) is 23.7 Å². The molecule has 1 amide bonds. The lowest BCUT2D eigenvalue weighted by Crippen LogP contribution is -2.41. The Balaban J connectivity index is 1.95. The third-order valence-electron chi connectivity index (χ3n) is 4.25. The van der Waals surface area contributed by atoms with E-state index >= 15 is 0 Å². The van der Waals surface area contributed by atoms with Crippen molar-refractivity contribution in [3.63, 3.8) is 0 Å². The summed E-state index contributed by atoms with van der Waals surface area (Å²) in [5.74, 6) is -0.637. The van der Waals surface area contributed by atoms with E-state index in [2.05, 4.69) is 5.32 Å². The van der Waals surface area contributed by atoms with Gasteiger partial charge in [-0.1, -0.05) is 30.3 Å². The third-order valence-corrected chi connectivity index (χ3v) is 5.37. The Bertz CT molecular complexity index is 876. The van der Waals surface area contributed by atoms with Crippen LogP contribution in [0.25, 0.3) is 0 Å². The summed E-state index contributed by atoms with van der Waals surface area (Å²) in [6.07, 6.45) is 2.48. The van der Waals surface area contributed by atoms with Crippen LogP contribution >= 0.6 is 0 Å². The van der Waals surface area contributed by atoms with Crippen molar-refractivity contribution < 1.29 is 17.6 Å². The minimum absolute atomic E-state index is 0.263. The van der Waals surface area contributed by atoms with Crippen molar-refractivity contribution in [1.29, 1.82) is 0 Å². The number of rotatable bonds is 8. The molecule has 27 heavy (non-hydrogen) atoms.